The van der Waals surface area contributed by atoms with Gasteiger partial charge in [0.15, 0.2) is 0 Å². The summed E-state index contributed by atoms with van der Waals surface area (Å²) < 4.78 is 5.31. The fourth-order valence-corrected chi connectivity index (χ4v) is 2.24. The fraction of sp³-hybridized carbons (Fsp3) is 0.533. The van der Waals surface area contributed by atoms with Crippen LogP contribution in [0.25, 0.3) is 0 Å². The highest BCUT2D eigenvalue weighted by Gasteiger charge is 2.23. The number of hydrogen-bond donors (Lipinski definition) is 1. The molecule has 1 amide bonds. The number of nitrogens with zero attached hydrogens (tertiary/aromatic N) is 1. The lowest BCUT2D eigenvalue weighted by molar-refractivity contribution is -0.122. The third-order valence-electron chi connectivity index (χ3n) is 3.62. The number of amides is 1. The van der Waals surface area contributed by atoms with Crippen LogP contribution in [-0.2, 0) is 9.53 Å². The molecule has 1 aromatic carbocycles. The van der Waals surface area contributed by atoms with Crippen molar-refractivity contribution in [3.05, 3.63) is 29.3 Å². The van der Waals surface area contributed by atoms with Crippen molar-refractivity contribution in [2.24, 2.45) is 0 Å². The lowest BCUT2D eigenvalue weighted by Crippen LogP contribution is -2.47. The first kappa shape index (κ1) is 14.0. The summed E-state index contributed by atoms with van der Waals surface area (Å²) in [5.41, 5.74) is 3.15. The van der Waals surface area contributed by atoms with E-state index < -0.39 is 0 Å². The molecule has 4 heteroatoms. The fourth-order valence-electron chi connectivity index (χ4n) is 2.24. The zero-order valence-electron chi connectivity index (χ0n) is 11.9. The van der Waals surface area contributed by atoms with Gasteiger partial charge in [0.05, 0.1) is 19.3 Å². The Kier molecular flexibility index (Phi) is 4.56. The SMILES string of the molecule is Cc1ccc(C)c(NC(=O)[C@H](C)N2CCOCC2)c1. The van der Waals surface area contributed by atoms with Crippen molar-refractivity contribution < 1.29 is 9.53 Å². The van der Waals surface area contributed by atoms with Crippen LogP contribution in [0.1, 0.15) is 18.1 Å². The zero-order chi connectivity index (χ0) is 13.8. The second-order valence-electron chi connectivity index (χ2n) is 5.13. The highest BCUT2D eigenvalue weighted by atomic mass is 16.5. The van der Waals surface area contributed by atoms with Gasteiger partial charge < -0.3 is 10.1 Å². The molecule has 0 radical (unpaired) electrons. The van der Waals surface area contributed by atoms with E-state index in [2.05, 4.69) is 16.3 Å². The minimum atomic E-state index is -0.121. The molecule has 0 spiro atoms. The van der Waals surface area contributed by atoms with E-state index in [0.717, 1.165) is 29.9 Å². The van der Waals surface area contributed by atoms with Crippen LogP contribution in [0.3, 0.4) is 0 Å². The number of nitrogens with one attached hydrogen (secondary N) is 1. The van der Waals surface area contributed by atoms with E-state index >= 15 is 0 Å². The van der Waals surface area contributed by atoms with Gasteiger partial charge in [0.2, 0.25) is 5.91 Å². The monoisotopic (exact) mass is 262 g/mol. The van der Waals surface area contributed by atoms with Gasteiger partial charge in [-0.3, -0.25) is 9.69 Å². The highest BCUT2D eigenvalue weighted by Crippen LogP contribution is 2.17. The van der Waals surface area contributed by atoms with Gasteiger partial charge in [-0.1, -0.05) is 12.1 Å². The molecule has 2 rings (SSSR count). The topological polar surface area (TPSA) is 41.6 Å². The van der Waals surface area contributed by atoms with Crippen molar-refractivity contribution in [1.29, 1.82) is 0 Å². The van der Waals surface area contributed by atoms with Crippen LogP contribution in [0.4, 0.5) is 5.69 Å². The average molecular weight is 262 g/mol. The molecular formula is C15H22N2O2. The lowest BCUT2D eigenvalue weighted by Gasteiger charge is -2.31. The van der Waals surface area contributed by atoms with Gasteiger partial charge in [0, 0.05) is 18.8 Å². The Morgan fingerprint density at radius 3 is 2.68 bits per heavy atom. The molecule has 0 bridgehead atoms. The molecule has 0 aliphatic carbocycles. The van der Waals surface area contributed by atoms with E-state index in [1.54, 1.807) is 0 Å². The third kappa shape index (κ3) is 3.55. The molecule has 1 aliphatic rings. The van der Waals surface area contributed by atoms with E-state index in [1.807, 2.05) is 32.9 Å². The van der Waals surface area contributed by atoms with Crippen LogP contribution in [0.15, 0.2) is 18.2 Å². The quantitative estimate of drug-likeness (QED) is 0.905. The molecule has 0 aromatic heterocycles. The van der Waals surface area contributed by atoms with E-state index in [0.29, 0.717) is 13.2 Å². The van der Waals surface area contributed by atoms with Gasteiger partial charge >= 0.3 is 0 Å². The van der Waals surface area contributed by atoms with E-state index in [-0.39, 0.29) is 11.9 Å². The molecule has 104 valence electrons. The van der Waals surface area contributed by atoms with Gasteiger partial charge in [-0.25, -0.2) is 0 Å². The van der Waals surface area contributed by atoms with Crippen LogP contribution in [0.5, 0.6) is 0 Å². The molecule has 4 nitrogen and oxygen atoms in total. The first-order valence-electron chi connectivity index (χ1n) is 6.78. The zero-order valence-corrected chi connectivity index (χ0v) is 11.9. The Balaban J connectivity index is 2.01. The average Bonchev–Trinajstić information content (AvgIpc) is 2.43. The number of carbonyl (C=O) groups is 1. The molecular weight excluding hydrogens is 240 g/mol. The van der Waals surface area contributed by atoms with Crippen molar-refractivity contribution in [2.75, 3.05) is 31.6 Å². The number of carbonyl (C=O) groups excluding carboxylic acids is 1. The number of morpholine rings is 1. The highest BCUT2D eigenvalue weighted by molar-refractivity contribution is 5.95. The number of anilines is 1. The van der Waals surface area contributed by atoms with Gasteiger partial charge in [-0.15, -0.1) is 0 Å². The summed E-state index contributed by atoms with van der Waals surface area (Å²) >= 11 is 0. The summed E-state index contributed by atoms with van der Waals surface area (Å²) in [6.07, 6.45) is 0. The van der Waals surface area contributed by atoms with Crippen LogP contribution in [-0.4, -0.2) is 43.2 Å². The van der Waals surface area contributed by atoms with Crippen LogP contribution in [0.2, 0.25) is 0 Å². The second kappa shape index (κ2) is 6.17. The second-order valence-corrected chi connectivity index (χ2v) is 5.13. The predicted molar refractivity (Wildman–Crippen MR) is 76.4 cm³/mol. The van der Waals surface area contributed by atoms with Crippen molar-refractivity contribution >= 4 is 11.6 Å². The Hall–Kier alpha value is -1.39. The van der Waals surface area contributed by atoms with E-state index in [4.69, 9.17) is 4.74 Å². The maximum absolute atomic E-state index is 12.3. The minimum Gasteiger partial charge on any atom is -0.379 e. The molecule has 0 saturated carbocycles. The molecule has 0 unspecified atom stereocenters. The molecule has 1 heterocycles. The molecule has 1 saturated heterocycles. The normalized spacial score (nSPS) is 18.1. The van der Waals surface area contributed by atoms with Gasteiger partial charge in [-0.2, -0.15) is 0 Å². The molecule has 1 fully saturated rings. The number of rotatable bonds is 3. The van der Waals surface area contributed by atoms with Crippen molar-refractivity contribution in [3.8, 4) is 0 Å². The number of aryl methyl sites for hydroxylation is 2. The summed E-state index contributed by atoms with van der Waals surface area (Å²) in [7, 11) is 0. The molecule has 1 N–H and O–H groups in total. The summed E-state index contributed by atoms with van der Waals surface area (Å²) in [5.74, 6) is 0.0515. The standard InChI is InChI=1S/C15H22N2O2/c1-11-4-5-12(2)14(10-11)16-15(18)13(3)17-6-8-19-9-7-17/h4-5,10,13H,6-9H2,1-3H3,(H,16,18)/t13-/m0/s1. The van der Waals surface area contributed by atoms with Crippen LogP contribution < -0.4 is 5.32 Å². The number of hydrogen-bond acceptors (Lipinski definition) is 3. The summed E-state index contributed by atoms with van der Waals surface area (Å²) in [6.45, 7) is 9.05. The van der Waals surface area contributed by atoms with Crippen molar-refractivity contribution in [1.82, 2.24) is 4.90 Å². The Morgan fingerprint density at radius 1 is 1.32 bits per heavy atom. The van der Waals surface area contributed by atoms with Crippen LogP contribution in [0, 0.1) is 13.8 Å². The first-order valence-corrected chi connectivity index (χ1v) is 6.78. The Labute approximate surface area is 114 Å². The van der Waals surface area contributed by atoms with Gasteiger partial charge in [0.1, 0.15) is 0 Å². The molecule has 19 heavy (non-hydrogen) atoms. The van der Waals surface area contributed by atoms with Crippen molar-refractivity contribution in [2.45, 2.75) is 26.8 Å². The third-order valence-corrected chi connectivity index (χ3v) is 3.62. The Morgan fingerprint density at radius 2 is 2.00 bits per heavy atom. The smallest absolute Gasteiger partial charge is 0.241 e. The largest absolute Gasteiger partial charge is 0.379 e. The molecule has 1 atom stereocenters. The predicted octanol–water partition coefficient (Wildman–Crippen LogP) is 1.96. The van der Waals surface area contributed by atoms with Gasteiger partial charge in [-0.05, 0) is 38.0 Å². The molecule has 1 aromatic rings. The maximum atomic E-state index is 12.3. The molecule has 1 aliphatic heterocycles. The van der Waals surface area contributed by atoms with E-state index in [1.165, 1.54) is 0 Å². The number of benzene rings is 1. The maximum Gasteiger partial charge on any atom is 0.241 e. The van der Waals surface area contributed by atoms with Crippen molar-refractivity contribution in [3.63, 3.8) is 0 Å². The number of ether oxygens (including phenoxy) is 1. The van der Waals surface area contributed by atoms with Crippen LogP contribution >= 0.6 is 0 Å². The van der Waals surface area contributed by atoms with E-state index in [9.17, 15) is 4.79 Å². The minimum absolute atomic E-state index is 0.0515. The lowest BCUT2D eigenvalue weighted by atomic mass is 10.1. The Bertz CT molecular complexity index is 453. The summed E-state index contributed by atoms with van der Waals surface area (Å²) in [4.78, 5) is 14.4. The summed E-state index contributed by atoms with van der Waals surface area (Å²) in [6, 6.07) is 5.98. The summed E-state index contributed by atoms with van der Waals surface area (Å²) in [5, 5.41) is 3.03. The van der Waals surface area contributed by atoms with Gasteiger partial charge in [0.25, 0.3) is 0 Å². The first-order chi connectivity index (χ1) is 9.08.